The first kappa shape index (κ1) is 15.8. The van der Waals surface area contributed by atoms with Crippen molar-refractivity contribution < 1.29 is 4.74 Å². The van der Waals surface area contributed by atoms with E-state index in [1.807, 2.05) is 0 Å². The molecule has 116 valence electrons. The Morgan fingerprint density at radius 3 is 2.45 bits per heavy atom. The molecular formula is C17H32N2O. The van der Waals surface area contributed by atoms with Crippen molar-refractivity contribution in [1.29, 1.82) is 0 Å². The van der Waals surface area contributed by atoms with Gasteiger partial charge in [0.05, 0.1) is 12.6 Å². The van der Waals surface area contributed by atoms with Crippen molar-refractivity contribution in [1.82, 2.24) is 10.2 Å². The number of likely N-dealkylation sites (tertiary alicyclic amines) is 1. The van der Waals surface area contributed by atoms with E-state index >= 15 is 0 Å². The van der Waals surface area contributed by atoms with E-state index in [0.717, 1.165) is 19.6 Å². The van der Waals surface area contributed by atoms with Crippen molar-refractivity contribution in [3.63, 3.8) is 0 Å². The quantitative estimate of drug-likeness (QED) is 0.738. The first-order valence-electron chi connectivity index (χ1n) is 8.59. The summed E-state index contributed by atoms with van der Waals surface area (Å²) in [6.45, 7) is 11.4. The van der Waals surface area contributed by atoms with Gasteiger partial charge in [0, 0.05) is 12.0 Å². The van der Waals surface area contributed by atoms with E-state index < -0.39 is 0 Å². The van der Waals surface area contributed by atoms with Crippen LogP contribution in [0.2, 0.25) is 0 Å². The summed E-state index contributed by atoms with van der Waals surface area (Å²) in [4.78, 5) is 2.73. The summed E-state index contributed by atoms with van der Waals surface area (Å²) in [7, 11) is 0. The summed E-state index contributed by atoms with van der Waals surface area (Å²) in [5.41, 5.74) is 0.224. The molecule has 0 aromatic carbocycles. The van der Waals surface area contributed by atoms with Gasteiger partial charge in [-0.15, -0.1) is 0 Å². The number of nitrogens with one attached hydrogen (secondary N) is 1. The largest absolute Gasteiger partial charge is 0.496 e. The third-order valence-electron chi connectivity index (χ3n) is 5.11. The van der Waals surface area contributed by atoms with Gasteiger partial charge in [-0.1, -0.05) is 20.8 Å². The minimum absolute atomic E-state index is 0.224. The Labute approximate surface area is 124 Å². The van der Waals surface area contributed by atoms with E-state index in [0.29, 0.717) is 6.04 Å². The minimum Gasteiger partial charge on any atom is -0.496 e. The lowest BCUT2D eigenvalue weighted by atomic mass is 9.81. The molecule has 0 spiro atoms. The van der Waals surface area contributed by atoms with Gasteiger partial charge in [-0.3, -0.25) is 4.90 Å². The maximum atomic E-state index is 5.95. The Balaban J connectivity index is 2.24. The van der Waals surface area contributed by atoms with Crippen LogP contribution in [0.5, 0.6) is 0 Å². The highest BCUT2D eigenvalue weighted by Crippen LogP contribution is 2.36. The number of hydrogen-bond donors (Lipinski definition) is 1. The lowest BCUT2D eigenvalue weighted by Crippen LogP contribution is -2.61. The zero-order valence-electron chi connectivity index (χ0n) is 13.6. The van der Waals surface area contributed by atoms with Gasteiger partial charge < -0.3 is 10.1 Å². The van der Waals surface area contributed by atoms with Crippen LogP contribution >= 0.6 is 0 Å². The van der Waals surface area contributed by atoms with Crippen LogP contribution < -0.4 is 5.32 Å². The third-order valence-corrected chi connectivity index (χ3v) is 5.11. The van der Waals surface area contributed by atoms with Crippen LogP contribution in [0.3, 0.4) is 0 Å². The minimum atomic E-state index is 0.224. The molecule has 1 unspecified atom stereocenters. The second kappa shape index (κ2) is 7.46. The Morgan fingerprint density at radius 1 is 1.25 bits per heavy atom. The van der Waals surface area contributed by atoms with E-state index in [2.05, 4.69) is 37.1 Å². The predicted octanol–water partition coefficient (Wildman–Crippen LogP) is 3.31. The van der Waals surface area contributed by atoms with Gasteiger partial charge in [0.2, 0.25) is 0 Å². The van der Waals surface area contributed by atoms with E-state index in [4.69, 9.17) is 4.74 Å². The molecule has 2 rings (SSSR count). The fourth-order valence-corrected chi connectivity index (χ4v) is 3.93. The molecule has 20 heavy (non-hydrogen) atoms. The van der Waals surface area contributed by atoms with Crippen molar-refractivity contribution >= 4 is 0 Å². The molecule has 2 heterocycles. The van der Waals surface area contributed by atoms with Crippen LogP contribution in [0.15, 0.2) is 11.8 Å². The van der Waals surface area contributed by atoms with Crippen LogP contribution in [0.1, 0.15) is 59.3 Å². The highest BCUT2D eigenvalue weighted by atomic mass is 16.5. The van der Waals surface area contributed by atoms with E-state index in [1.165, 1.54) is 51.0 Å². The number of rotatable bonds is 8. The van der Waals surface area contributed by atoms with E-state index in [-0.39, 0.29) is 5.54 Å². The Kier molecular flexibility index (Phi) is 5.91. The molecule has 0 bridgehead atoms. The summed E-state index contributed by atoms with van der Waals surface area (Å²) in [6, 6.07) is 0.359. The lowest BCUT2D eigenvalue weighted by Gasteiger charge is -2.47. The zero-order chi connectivity index (χ0) is 14.4. The van der Waals surface area contributed by atoms with Gasteiger partial charge in [-0.2, -0.15) is 0 Å². The van der Waals surface area contributed by atoms with Crippen LogP contribution in [0.4, 0.5) is 0 Å². The number of ether oxygens (including phenoxy) is 1. The Morgan fingerprint density at radius 2 is 1.95 bits per heavy atom. The molecule has 0 radical (unpaired) electrons. The van der Waals surface area contributed by atoms with Gasteiger partial charge in [0.1, 0.15) is 5.76 Å². The summed E-state index contributed by atoms with van der Waals surface area (Å²) < 4.78 is 5.95. The van der Waals surface area contributed by atoms with Crippen molar-refractivity contribution in [2.75, 3.05) is 26.2 Å². The van der Waals surface area contributed by atoms with Crippen LogP contribution in [-0.2, 0) is 4.74 Å². The van der Waals surface area contributed by atoms with Crippen molar-refractivity contribution in [2.24, 2.45) is 0 Å². The molecule has 2 aliphatic heterocycles. The molecule has 3 nitrogen and oxygen atoms in total. The van der Waals surface area contributed by atoms with Gasteiger partial charge in [0.15, 0.2) is 0 Å². The predicted molar refractivity (Wildman–Crippen MR) is 84.9 cm³/mol. The van der Waals surface area contributed by atoms with E-state index in [1.54, 1.807) is 0 Å². The number of nitrogens with zero attached hydrogens (tertiary/aromatic N) is 1. The van der Waals surface area contributed by atoms with Crippen molar-refractivity contribution in [2.45, 2.75) is 70.9 Å². The van der Waals surface area contributed by atoms with Gasteiger partial charge in [0.25, 0.3) is 0 Å². The normalized spacial score (nSPS) is 21.9. The summed E-state index contributed by atoms with van der Waals surface area (Å²) >= 11 is 0. The summed E-state index contributed by atoms with van der Waals surface area (Å²) in [5, 5.41) is 3.80. The molecule has 1 saturated heterocycles. The first-order chi connectivity index (χ1) is 9.78. The van der Waals surface area contributed by atoms with Crippen LogP contribution in [0, 0.1) is 0 Å². The summed E-state index contributed by atoms with van der Waals surface area (Å²) in [5.74, 6) is 1.20. The molecule has 1 N–H and O–H groups in total. The molecule has 1 fully saturated rings. The molecule has 0 saturated carbocycles. The Hall–Kier alpha value is -0.540. The maximum Gasteiger partial charge on any atom is 0.111 e. The number of hydrogen-bond acceptors (Lipinski definition) is 3. The topological polar surface area (TPSA) is 24.5 Å². The lowest BCUT2D eigenvalue weighted by molar-refractivity contribution is 0.0509. The molecule has 2 aliphatic rings. The second-order valence-electron chi connectivity index (χ2n) is 6.14. The zero-order valence-corrected chi connectivity index (χ0v) is 13.6. The average Bonchev–Trinajstić information content (AvgIpc) is 3.16. The molecule has 3 heteroatoms. The summed E-state index contributed by atoms with van der Waals surface area (Å²) in [6.07, 6.45) is 9.63. The van der Waals surface area contributed by atoms with E-state index in [9.17, 15) is 0 Å². The average molecular weight is 280 g/mol. The van der Waals surface area contributed by atoms with Crippen LogP contribution in [0.25, 0.3) is 0 Å². The third kappa shape index (κ3) is 3.04. The first-order valence-corrected chi connectivity index (χ1v) is 8.59. The molecule has 0 aromatic heterocycles. The second-order valence-corrected chi connectivity index (χ2v) is 6.14. The monoisotopic (exact) mass is 280 g/mol. The Bertz CT molecular complexity index is 317. The highest BCUT2D eigenvalue weighted by Gasteiger charge is 2.44. The molecule has 0 aromatic rings. The molecular weight excluding hydrogens is 248 g/mol. The standard InChI is InChI=1S/C17H32N2O/c1-4-11-18-16(15-10-9-14-20-15)17(5-2,6-3)19-12-7-8-13-19/h10,16,18H,4-9,11-14H2,1-3H3. The van der Waals surface area contributed by atoms with Gasteiger partial charge in [-0.05, 0) is 57.8 Å². The van der Waals surface area contributed by atoms with Crippen molar-refractivity contribution in [3.8, 4) is 0 Å². The SMILES string of the molecule is CCCNC(C1=CCCO1)C(CC)(CC)N1CCCC1. The smallest absolute Gasteiger partial charge is 0.111 e. The fourth-order valence-electron chi connectivity index (χ4n) is 3.93. The molecule has 0 aliphatic carbocycles. The van der Waals surface area contributed by atoms with Gasteiger partial charge in [-0.25, -0.2) is 0 Å². The van der Waals surface area contributed by atoms with Crippen molar-refractivity contribution in [3.05, 3.63) is 11.8 Å². The molecule has 0 amide bonds. The van der Waals surface area contributed by atoms with Crippen LogP contribution in [-0.4, -0.2) is 42.7 Å². The fraction of sp³-hybridized carbons (Fsp3) is 0.882. The molecule has 1 atom stereocenters. The van der Waals surface area contributed by atoms with Gasteiger partial charge >= 0.3 is 0 Å². The maximum absolute atomic E-state index is 5.95. The highest BCUT2D eigenvalue weighted by molar-refractivity contribution is 5.17.